The molecule has 0 heterocycles. The molecule has 0 bridgehead atoms. The fourth-order valence-corrected chi connectivity index (χ4v) is 2.13. The minimum atomic E-state index is 0.0852. The van der Waals surface area contributed by atoms with Gasteiger partial charge in [0.25, 0.3) is 0 Å². The van der Waals surface area contributed by atoms with Gasteiger partial charge in [0.05, 0.1) is 6.10 Å². The van der Waals surface area contributed by atoms with Gasteiger partial charge in [-0.2, -0.15) is 0 Å². The monoisotopic (exact) mass is 235 g/mol. The van der Waals surface area contributed by atoms with Crippen molar-refractivity contribution in [2.45, 2.75) is 52.2 Å². The molecule has 0 aliphatic rings. The maximum atomic E-state index is 6.21. The van der Waals surface area contributed by atoms with E-state index in [-0.39, 0.29) is 12.1 Å². The van der Waals surface area contributed by atoms with Gasteiger partial charge in [0.2, 0.25) is 0 Å². The first-order valence-corrected chi connectivity index (χ1v) is 6.43. The van der Waals surface area contributed by atoms with Crippen molar-refractivity contribution in [3.63, 3.8) is 0 Å². The highest BCUT2D eigenvalue weighted by Gasteiger charge is 2.16. The summed E-state index contributed by atoms with van der Waals surface area (Å²) in [5.41, 5.74) is 10.2. The maximum Gasteiger partial charge on any atom is 0.0725 e. The number of hydrogen-bond donors (Lipinski definition) is 1. The van der Waals surface area contributed by atoms with E-state index in [0.717, 1.165) is 19.3 Å². The molecule has 2 unspecified atom stereocenters. The number of rotatable bonds is 6. The van der Waals surface area contributed by atoms with Gasteiger partial charge >= 0.3 is 0 Å². The zero-order valence-electron chi connectivity index (χ0n) is 11.5. The van der Waals surface area contributed by atoms with Gasteiger partial charge in [0.1, 0.15) is 0 Å². The third kappa shape index (κ3) is 4.14. The lowest BCUT2D eigenvalue weighted by Gasteiger charge is -2.22. The topological polar surface area (TPSA) is 35.2 Å². The number of benzene rings is 1. The third-order valence-electron chi connectivity index (χ3n) is 3.40. The molecule has 1 rings (SSSR count). The molecule has 0 saturated carbocycles. The quantitative estimate of drug-likeness (QED) is 0.822. The average Bonchev–Trinajstić information content (AvgIpc) is 2.30. The largest absolute Gasteiger partial charge is 0.380 e. The Balaban J connectivity index is 2.66. The highest BCUT2D eigenvalue weighted by molar-refractivity contribution is 5.30. The van der Waals surface area contributed by atoms with Crippen LogP contribution in [0.25, 0.3) is 0 Å². The van der Waals surface area contributed by atoms with Crippen molar-refractivity contribution >= 4 is 0 Å². The van der Waals surface area contributed by atoms with Crippen LogP contribution < -0.4 is 5.73 Å². The summed E-state index contributed by atoms with van der Waals surface area (Å²) in [7, 11) is 1.75. The molecule has 17 heavy (non-hydrogen) atoms. The van der Waals surface area contributed by atoms with Crippen molar-refractivity contribution < 1.29 is 4.74 Å². The van der Waals surface area contributed by atoms with Gasteiger partial charge < -0.3 is 10.5 Å². The van der Waals surface area contributed by atoms with Crippen LogP contribution >= 0.6 is 0 Å². The van der Waals surface area contributed by atoms with Gasteiger partial charge in [-0.3, -0.25) is 0 Å². The Hall–Kier alpha value is -0.860. The Morgan fingerprint density at radius 3 is 2.47 bits per heavy atom. The molecule has 2 nitrogen and oxygen atoms in total. The molecule has 1 aromatic rings. The molecule has 0 saturated heterocycles. The van der Waals surface area contributed by atoms with Crippen molar-refractivity contribution in [1.82, 2.24) is 0 Å². The van der Waals surface area contributed by atoms with Crippen molar-refractivity contribution in [3.8, 4) is 0 Å². The lowest BCUT2D eigenvalue weighted by atomic mass is 9.97. The molecule has 0 aliphatic heterocycles. The predicted octanol–water partition coefficient (Wildman–Crippen LogP) is 2.99. The van der Waals surface area contributed by atoms with Crippen LogP contribution in [0, 0.1) is 13.8 Å². The normalized spacial score (nSPS) is 14.6. The third-order valence-corrected chi connectivity index (χ3v) is 3.40. The second-order valence-corrected chi connectivity index (χ2v) is 4.85. The van der Waals surface area contributed by atoms with E-state index in [4.69, 9.17) is 10.5 Å². The SMILES string of the molecule is CCCC(OC)C(N)Cc1ccc(C)c(C)c1. The summed E-state index contributed by atoms with van der Waals surface area (Å²) in [5.74, 6) is 0. The lowest BCUT2D eigenvalue weighted by molar-refractivity contribution is 0.0726. The zero-order chi connectivity index (χ0) is 12.8. The van der Waals surface area contributed by atoms with Gasteiger partial charge in [-0.1, -0.05) is 31.5 Å². The van der Waals surface area contributed by atoms with Crippen LogP contribution in [0.3, 0.4) is 0 Å². The highest BCUT2D eigenvalue weighted by atomic mass is 16.5. The van der Waals surface area contributed by atoms with Crippen molar-refractivity contribution in [1.29, 1.82) is 0 Å². The smallest absolute Gasteiger partial charge is 0.0725 e. The van der Waals surface area contributed by atoms with Crippen LogP contribution in [0.5, 0.6) is 0 Å². The number of nitrogens with two attached hydrogens (primary N) is 1. The standard InChI is InChI=1S/C15H25NO/c1-5-6-15(17-4)14(16)10-13-8-7-11(2)12(3)9-13/h7-9,14-15H,5-6,10,16H2,1-4H3. The van der Waals surface area contributed by atoms with Gasteiger partial charge in [0.15, 0.2) is 0 Å². The molecule has 96 valence electrons. The summed E-state index contributed by atoms with van der Waals surface area (Å²) in [6.45, 7) is 6.44. The first kappa shape index (κ1) is 14.2. The fourth-order valence-electron chi connectivity index (χ4n) is 2.13. The second kappa shape index (κ2) is 6.77. The summed E-state index contributed by atoms with van der Waals surface area (Å²) in [6, 6.07) is 6.65. The summed E-state index contributed by atoms with van der Waals surface area (Å²) < 4.78 is 5.45. The van der Waals surface area contributed by atoms with E-state index in [2.05, 4.69) is 39.0 Å². The maximum absolute atomic E-state index is 6.21. The van der Waals surface area contributed by atoms with Gasteiger partial charge in [-0.25, -0.2) is 0 Å². The minimum absolute atomic E-state index is 0.0852. The molecule has 0 fully saturated rings. The Morgan fingerprint density at radius 2 is 1.94 bits per heavy atom. The van der Waals surface area contributed by atoms with Crippen LogP contribution in [-0.2, 0) is 11.2 Å². The van der Waals surface area contributed by atoms with Crippen molar-refractivity contribution in [2.24, 2.45) is 5.73 Å². The Bertz CT molecular complexity index is 349. The molecule has 0 amide bonds. The molecule has 1 aromatic carbocycles. The number of ether oxygens (including phenoxy) is 1. The molecule has 2 atom stereocenters. The van der Waals surface area contributed by atoms with Crippen LogP contribution in [0.2, 0.25) is 0 Å². The van der Waals surface area contributed by atoms with E-state index in [9.17, 15) is 0 Å². The predicted molar refractivity (Wildman–Crippen MR) is 73.3 cm³/mol. The van der Waals surface area contributed by atoms with Crippen molar-refractivity contribution in [3.05, 3.63) is 34.9 Å². The van der Waals surface area contributed by atoms with E-state index in [1.807, 2.05) is 0 Å². The van der Waals surface area contributed by atoms with Gasteiger partial charge in [0, 0.05) is 13.2 Å². The molecular weight excluding hydrogens is 210 g/mol. The molecule has 2 heteroatoms. The molecule has 0 aliphatic carbocycles. The first-order chi connectivity index (χ1) is 8.08. The second-order valence-electron chi connectivity index (χ2n) is 4.85. The molecule has 0 aromatic heterocycles. The summed E-state index contributed by atoms with van der Waals surface area (Å²) in [5, 5.41) is 0. The number of aryl methyl sites for hydroxylation is 2. The van der Waals surface area contributed by atoms with E-state index < -0.39 is 0 Å². The summed E-state index contributed by atoms with van der Waals surface area (Å²) in [4.78, 5) is 0. The zero-order valence-corrected chi connectivity index (χ0v) is 11.5. The fraction of sp³-hybridized carbons (Fsp3) is 0.600. The van der Waals surface area contributed by atoms with E-state index in [1.165, 1.54) is 16.7 Å². The van der Waals surface area contributed by atoms with Crippen LogP contribution in [0.4, 0.5) is 0 Å². The van der Waals surface area contributed by atoms with Crippen molar-refractivity contribution in [2.75, 3.05) is 7.11 Å². The summed E-state index contributed by atoms with van der Waals surface area (Å²) >= 11 is 0. The van der Waals surface area contributed by atoms with Crippen LogP contribution in [-0.4, -0.2) is 19.3 Å². The summed E-state index contributed by atoms with van der Waals surface area (Å²) in [6.07, 6.45) is 3.20. The Morgan fingerprint density at radius 1 is 1.24 bits per heavy atom. The molecule has 0 spiro atoms. The van der Waals surface area contributed by atoms with Gasteiger partial charge in [-0.15, -0.1) is 0 Å². The Kier molecular flexibility index (Phi) is 5.66. The average molecular weight is 235 g/mol. The van der Waals surface area contributed by atoms with Crippen LogP contribution in [0.1, 0.15) is 36.5 Å². The molecule has 0 radical (unpaired) electrons. The minimum Gasteiger partial charge on any atom is -0.380 e. The number of methoxy groups -OCH3 is 1. The molecular formula is C15H25NO. The lowest BCUT2D eigenvalue weighted by Crippen LogP contribution is -2.37. The van der Waals surface area contributed by atoms with E-state index in [1.54, 1.807) is 7.11 Å². The highest BCUT2D eigenvalue weighted by Crippen LogP contribution is 2.14. The van der Waals surface area contributed by atoms with Crippen LogP contribution in [0.15, 0.2) is 18.2 Å². The van der Waals surface area contributed by atoms with E-state index >= 15 is 0 Å². The first-order valence-electron chi connectivity index (χ1n) is 6.43. The molecule has 2 N–H and O–H groups in total. The van der Waals surface area contributed by atoms with Gasteiger partial charge in [-0.05, 0) is 43.4 Å². The Labute approximate surface area is 105 Å². The van der Waals surface area contributed by atoms with E-state index in [0.29, 0.717) is 0 Å². The number of hydrogen-bond acceptors (Lipinski definition) is 2.